The lowest BCUT2D eigenvalue weighted by atomic mass is 9.78. The summed E-state index contributed by atoms with van der Waals surface area (Å²) in [7, 11) is 0. The largest absolute Gasteiger partial charge is 0.482 e. The van der Waals surface area contributed by atoms with E-state index >= 15 is 0 Å². The van der Waals surface area contributed by atoms with Gasteiger partial charge in [-0.05, 0) is 37.7 Å². The van der Waals surface area contributed by atoms with Gasteiger partial charge in [0.05, 0.1) is 11.0 Å². The number of nitro groups is 1. The molecule has 0 bridgehead atoms. The van der Waals surface area contributed by atoms with Crippen molar-refractivity contribution in [3.63, 3.8) is 0 Å². The van der Waals surface area contributed by atoms with E-state index < -0.39 is 17.5 Å². The van der Waals surface area contributed by atoms with Gasteiger partial charge in [0.1, 0.15) is 5.75 Å². The molecule has 146 valence electrons. The minimum Gasteiger partial charge on any atom is -0.482 e. The molecule has 3 rings (SSSR count). The molecule has 1 aromatic rings. The van der Waals surface area contributed by atoms with Crippen LogP contribution in [0.1, 0.15) is 38.5 Å². The molecule has 0 N–H and O–H groups in total. The second-order valence-corrected chi connectivity index (χ2v) is 7.05. The molecular weight excluding hydrogens is 352 g/mol. The van der Waals surface area contributed by atoms with E-state index in [1.807, 2.05) is 4.90 Å². The molecule has 27 heavy (non-hydrogen) atoms. The van der Waals surface area contributed by atoms with E-state index in [9.17, 15) is 19.7 Å². The van der Waals surface area contributed by atoms with Crippen molar-refractivity contribution in [3.05, 3.63) is 34.4 Å². The van der Waals surface area contributed by atoms with Crippen molar-refractivity contribution in [1.82, 2.24) is 4.90 Å². The van der Waals surface area contributed by atoms with Gasteiger partial charge in [-0.15, -0.1) is 0 Å². The maximum atomic E-state index is 12.5. The lowest BCUT2D eigenvalue weighted by Gasteiger charge is -2.44. The summed E-state index contributed by atoms with van der Waals surface area (Å²) in [5, 5.41) is 10.7. The molecule has 8 heteroatoms. The van der Waals surface area contributed by atoms with Gasteiger partial charge in [-0.25, -0.2) is 4.79 Å². The number of carbonyl (C=O) groups is 2. The molecule has 1 aromatic carbocycles. The summed E-state index contributed by atoms with van der Waals surface area (Å²) in [5.74, 6) is -0.0553. The molecule has 1 aliphatic heterocycles. The molecule has 2 atom stereocenters. The van der Waals surface area contributed by atoms with Crippen molar-refractivity contribution in [1.29, 1.82) is 0 Å². The van der Waals surface area contributed by atoms with Crippen LogP contribution in [0.5, 0.6) is 5.75 Å². The van der Waals surface area contributed by atoms with Gasteiger partial charge in [-0.3, -0.25) is 14.9 Å². The quantitative estimate of drug-likeness (QED) is 0.430. The van der Waals surface area contributed by atoms with Gasteiger partial charge in [0.2, 0.25) is 0 Å². The summed E-state index contributed by atoms with van der Waals surface area (Å²) in [5.41, 5.74) is -0.122. The van der Waals surface area contributed by atoms with Crippen molar-refractivity contribution >= 4 is 17.6 Å². The molecule has 1 saturated heterocycles. The van der Waals surface area contributed by atoms with Crippen LogP contribution in [0.15, 0.2) is 24.3 Å². The van der Waals surface area contributed by atoms with Crippen LogP contribution in [-0.4, -0.2) is 47.5 Å². The molecule has 0 radical (unpaired) electrons. The van der Waals surface area contributed by atoms with Gasteiger partial charge in [-0.1, -0.05) is 18.9 Å². The number of non-ortho nitro benzene ring substituents is 1. The molecule has 0 aromatic heterocycles. The first-order valence-corrected chi connectivity index (χ1v) is 9.37. The van der Waals surface area contributed by atoms with Gasteiger partial charge < -0.3 is 14.4 Å². The van der Waals surface area contributed by atoms with Crippen molar-refractivity contribution in [3.8, 4) is 5.75 Å². The fraction of sp³-hybridized carbons (Fsp3) is 0.579. The third-order valence-electron chi connectivity index (χ3n) is 5.31. The number of hydrogen-bond donors (Lipinski definition) is 0. The maximum absolute atomic E-state index is 12.5. The molecule has 8 nitrogen and oxygen atoms in total. The maximum Gasteiger partial charge on any atom is 0.344 e. The van der Waals surface area contributed by atoms with Crippen LogP contribution in [0.25, 0.3) is 0 Å². The summed E-state index contributed by atoms with van der Waals surface area (Å²) in [6, 6.07) is 5.83. The van der Waals surface area contributed by atoms with Gasteiger partial charge in [-0.2, -0.15) is 0 Å². The first-order chi connectivity index (χ1) is 13.0. The van der Waals surface area contributed by atoms with Gasteiger partial charge in [0.15, 0.2) is 13.2 Å². The summed E-state index contributed by atoms with van der Waals surface area (Å²) in [6.07, 6.45) is 6.74. The van der Waals surface area contributed by atoms with Crippen molar-refractivity contribution in [2.24, 2.45) is 5.92 Å². The number of nitrogens with zero attached hydrogens (tertiary/aromatic N) is 2. The monoisotopic (exact) mass is 376 g/mol. The van der Waals surface area contributed by atoms with Crippen LogP contribution in [0.2, 0.25) is 0 Å². The van der Waals surface area contributed by atoms with Crippen molar-refractivity contribution < 1.29 is 24.0 Å². The van der Waals surface area contributed by atoms with Crippen LogP contribution in [0, 0.1) is 16.0 Å². The van der Waals surface area contributed by atoms with Crippen LogP contribution >= 0.6 is 0 Å². The Morgan fingerprint density at radius 2 is 1.93 bits per heavy atom. The lowest BCUT2D eigenvalue weighted by molar-refractivity contribution is -0.384. The number of fused-ring (bicyclic) bond motifs is 1. The number of esters is 1. The molecule has 0 spiro atoms. The first kappa shape index (κ1) is 19.1. The summed E-state index contributed by atoms with van der Waals surface area (Å²) < 4.78 is 10.3. The molecule has 1 amide bonds. The van der Waals surface area contributed by atoms with Crippen molar-refractivity contribution in [2.75, 3.05) is 19.8 Å². The molecule has 0 unspecified atom stereocenters. The number of rotatable bonds is 6. The fourth-order valence-corrected chi connectivity index (χ4v) is 4.03. The highest BCUT2D eigenvalue weighted by atomic mass is 16.6. The number of carbonyl (C=O) groups excluding carboxylic acids is 2. The molecule has 1 heterocycles. The van der Waals surface area contributed by atoms with E-state index in [2.05, 4.69) is 0 Å². The molecule has 1 aliphatic carbocycles. The highest BCUT2D eigenvalue weighted by Crippen LogP contribution is 2.35. The summed E-state index contributed by atoms with van der Waals surface area (Å²) in [6.45, 7) is 0.0303. The number of nitro benzene ring substituents is 1. The van der Waals surface area contributed by atoms with Gasteiger partial charge in [0, 0.05) is 18.7 Å². The summed E-state index contributed by atoms with van der Waals surface area (Å²) >= 11 is 0. The standard InChI is InChI=1S/C19H24N2O6/c22-18(20-10-4-6-14-5-1-2-9-17(14)20)12-27-19(23)13-26-16-8-3-7-15(11-16)21(24)25/h3,7-8,11,14,17H,1-2,4-6,9-10,12-13H2/t14-,17+/m0/s1. The molecule has 1 saturated carbocycles. The number of benzene rings is 1. The Morgan fingerprint density at radius 3 is 2.74 bits per heavy atom. The second-order valence-electron chi connectivity index (χ2n) is 7.05. The minimum atomic E-state index is -0.674. The fourth-order valence-electron chi connectivity index (χ4n) is 4.03. The zero-order chi connectivity index (χ0) is 19.2. The normalized spacial score (nSPS) is 21.9. The number of ether oxygens (including phenoxy) is 2. The van der Waals surface area contributed by atoms with Crippen molar-refractivity contribution in [2.45, 2.75) is 44.6 Å². The van der Waals surface area contributed by atoms with E-state index in [0.29, 0.717) is 5.92 Å². The zero-order valence-corrected chi connectivity index (χ0v) is 15.2. The van der Waals surface area contributed by atoms with E-state index in [4.69, 9.17) is 9.47 Å². The van der Waals surface area contributed by atoms with Crippen LogP contribution < -0.4 is 4.74 Å². The highest BCUT2D eigenvalue weighted by molar-refractivity contribution is 5.81. The Balaban J connectivity index is 1.45. The Hall–Kier alpha value is -2.64. The lowest BCUT2D eigenvalue weighted by Crippen LogP contribution is -2.51. The number of likely N-dealkylation sites (tertiary alicyclic amines) is 1. The number of amides is 1. The smallest absolute Gasteiger partial charge is 0.344 e. The van der Waals surface area contributed by atoms with Crippen LogP contribution in [-0.2, 0) is 14.3 Å². The Kier molecular flexibility index (Phi) is 6.26. The molecule has 2 fully saturated rings. The third-order valence-corrected chi connectivity index (χ3v) is 5.31. The predicted molar refractivity (Wildman–Crippen MR) is 96.2 cm³/mol. The minimum absolute atomic E-state index is 0.122. The molecular formula is C19H24N2O6. The van der Waals surface area contributed by atoms with E-state index in [-0.39, 0.29) is 30.0 Å². The van der Waals surface area contributed by atoms with E-state index in [1.54, 1.807) is 0 Å². The van der Waals surface area contributed by atoms with Crippen LogP contribution in [0.4, 0.5) is 5.69 Å². The third kappa shape index (κ3) is 4.96. The zero-order valence-electron chi connectivity index (χ0n) is 15.2. The Bertz CT molecular complexity index is 705. The molecule has 2 aliphatic rings. The van der Waals surface area contributed by atoms with Crippen LogP contribution in [0.3, 0.4) is 0 Å². The SMILES string of the molecule is O=C(COc1cccc([N+](=O)[O-])c1)OCC(=O)N1CCC[C@@H]2CCCC[C@H]21. The average molecular weight is 376 g/mol. The highest BCUT2D eigenvalue weighted by Gasteiger charge is 2.35. The number of hydrogen-bond acceptors (Lipinski definition) is 6. The van der Waals surface area contributed by atoms with E-state index in [0.717, 1.165) is 25.8 Å². The summed E-state index contributed by atoms with van der Waals surface area (Å²) in [4.78, 5) is 36.4. The second kappa shape index (κ2) is 8.83. The Morgan fingerprint density at radius 1 is 1.15 bits per heavy atom. The average Bonchev–Trinajstić information content (AvgIpc) is 2.70. The predicted octanol–water partition coefficient (Wildman–Crippen LogP) is 2.70. The van der Waals surface area contributed by atoms with Gasteiger partial charge in [0.25, 0.3) is 11.6 Å². The van der Waals surface area contributed by atoms with E-state index in [1.165, 1.54) is 43.5 Å². The Labute approximate surface area is 157 Å². The topological polar surface area (TPSA) is 99.0 Å². The van der Waals surface area contributed by atoms with Gasteiger partial charge >= 0.3 is 5.97 Å². The number of piperidine rings is 1. The first-order valence-electron chi connectivity index (χ1n) is 9.37.